The number of anilines is 1. The van der Waals surface area contributed by atoms with Crippen molar-refractivity contribution in [3.05, 3.63) is 57.1 Å². The summed E-state index contributed by atoms with van der Waals surface area (Å²) in [6.07, 6.45) is -4.57. The molecule has 0 aliphatic carbocycles. The van der Waals surface area contributed by atoms with E-state index in [2.05, 4.69) is 15.4 Å². The second-order valence-electron chi connectivity index (χ2n) is 6.70. The second-order valence-corrected chi connectivity index (χ2v) is 6.70. The average molecular weight is 408 g/mol. The SMILES string of the molecule is Cc1ccc(NC(=O)Cc2c(C)nc3cc(=O)[nH]n3c2C)c(OCC(F)(F)F)c1. The van der Waals surface area contributed by atoms with Gasteiger partial charge in [-0.3, -0.25) is 14.7 Å². The quantitative estimate of drug-likeness (QED) is 0.679. The van der Waals surface area contributed by atoms with Crippen molar-refractivity contribution in [2.45, 2.75) is 33.4 Å². The molecule has 0 aliphatic rings. The number of nitrogens with zero attached hydrogens (tertiary/aromatic N) is 2. The van der Waals surface area contributed by atoms with Crippen molar-refractivity contribution in [1.82, 2.24) is 14.6 Å². The molecule has 7 nitrogen and oxygen atoms in total. The van der Waals surface area contributed by atoms with Crippen LogP contribution in [0.2, 0.25) is 0 Å². The number of rotatable bonds is 5. The van der Waals surface area contributed by atoms with Gasteiger partial charge in [0.25, 0.3) is 5.56 Å². The normalized spacial score (nSPS) is 11.7. The maximum Gasteiger partial charge on any atom is 0.422 e. The number of nitrogens with one attached hydrogen (secondary N) is 2. The lowest BCUT2D eigenvalue weighted by Gasteiger charge is -2.15. The van der Waals surface area contributed by atoms with Gasteiger partial charge in [-0.1, -0.05) is 6.07 Å². The van der Waals surface area contributed by atoms with Crippen LogP contribution in [0.5, 0.6) is 5.75 Å². The lowest BCUT2D eigenvalue weighted by atomic mass is 10.1. The zero-order valence-electron chi connectivity index (χ0n) is 16.0. The molecule has 2 N–H and O–H groups in total. The molecule has 154 valence electrons. The van der Waals surface area contributed by atoms with Gasteiger partial charge < -0.3 is 10.1 Å². The summed E-state index contributed by atoms with van der Waals surface area (Å²) in [4.78, 5) is 28.4. The molecule has 0 atom stereocenters. The monoisotopic (exact) mass is 408 g/mol. The number of benzene rings is 1. The number of aryl methyl sites for hydroxylation is 3. The van der Waals surface area contributed by atoms with Gasteiger partial charge in [-0.25, -0.2) is 9.50 Å². The molecule has 29 heavy (non-hydrogen) atoms. The van der Waals surface area contributed by atoms with Gasteiger partial charge in [0.05, 0.1) is 12.1 Å². The summed E-state index contributed by atoms with van der Waals surface area (Å²) in [5.74, 6) is -0.514. The maximum atomic E-state index is 12.6. The largest absolute Gasteiger partial charge is 0.482 e. The van der Waals surface area contributed by atoms with E-state index in [4.69, 9.17) is 4.74 Å². The number of carbonyl (C=O) groups is 1. The lowest BCUT2D eigenvalue weighted by molar-refractivity contribution is -0.153. The predicted octanol–water partition coefficient (Wildman–Crippen LogP) is 3.07. The summed E-state index contributed by atoms with van der Waals surface area (Å²) in [5, 5.41) is 5.19. The summed E-state index contributed by atoms with van der Waals surface area (Å²) in [6, 6.07) is 5.92. The zero-order valence-corrected chi connectivity index (χ0v) is 16.0. The maximum absolute atomic E-state index is 12.6. The molecule has 0 fully saturated rings. The molecule has 0 bridgehead atoms. The van der Waals surface area contributed by atoms with Gasteiger partial charge in [-0.15, -0.1) is 0 Å². The highest BCUT2D eigenvalue weighted by atomic mass is 19.4. The van der Waals surface area contributed by atoms with Crippen molar-refractivity contribution in [2.75, 3.05) is 11.9 Å². The zero-order chi connectivity index (χ0) is 21.3. The Hall–Kier alpha value is -3.30. The van der Waals surface area contributed by atoms with E-state index in [0.29, 0.717) is 28.2 Å². The Bertz CT molecular complexity index is 1130. The molecule has 3 aromatic rings. The third kappa shape index (κ3) is 4.76. The van der Waals surface area contributed by atoms with Crippen molar-refractivity contribution < 1.29 is 22.7 Å². The number of amides is 1. The number of H-pyrrole nitrogens is 1. The third-order valence-corrected chi connectivity index (χ3v) is 4.34. The fraction of sp³-hybridized carbons (Fsp3) is 0.316. The number of carbonyl (C=O) groups excluding carboxylic acids is 1. The Balaban J connectivity index is 1.83. The van der Waals surface area contributed by atoms with Crippen molar-refractivity contribution in [3.63, 3.8) is 0 Å². The summed E-state index contributed by atoms with van der Waals surface area (Å²) >= 11 is 0. The van der Waals surface area contributed by atoms with Crippen LogP contribution in [0, 0.1) is 20.8 Å². The molecule has 0 saturated heterocycles. The smallest absolute Gasteiger partial charge is 0.422 e. The van der Waals surface area contributed by atoms with Crippen LogP contribution in [0.4, 0.5) is 18.9 Å². The van der Waals surface area contributed by atoms with Crippen LogP contribution in [-0.2, 0) is 11.2 Å². The van der Waals surface area contributed by atoms with E-state index in [-0.39, 0.29) is 23.4 Å². The molecule has 2 heterocycles. The Morgan fingerprint density at radius 3 is 2.66 bits per heavy atom. The van der Waals surface area contributed by atoms with Gasteiger partial charge in [-0.05, 0) is 38.5 Å². The minimum absolute atomic E-state index is 0.0626. The number of halogens is 3. The molecule has 0 radical (unpaired) electrons. The van der Waals surface area contributed by atoms with Crippen molar-refractivity contribution in [3.8, 4) is 5.75 Å². The number of hydrogen-bond donors (Lipinski definition) is 2. The lowest BCUT2D eigenvalue weighted by Crippen LogP contribution is -2.21. The molecule has 0 unspecified atom stereocenters. The van der Waals surface area contributed by atoms with E-state index in [9.17, 15) is 22.8 Å². The Morgan fingerprint density at radius 2 is 1.97 bits per heavy atom. The second kappa shape index (κ2) is 7.61. The Kier molecular flexibility index (Phi) is 5.36. The number of hydrogen-bond acceptors (Lipinski definition) is 4. The molecular formula is C19H19F3N4O3. The predicted molar refractivity (Wildman–Crippen MR) is 100 cm³/mol. The minimum Gasteiger partial charge on any atom is -0.482 e. The van der Waals surface area contributed by atoms with Gasteiger partial charge in [0, 0.05) is 23.0 Å². The van der Waals surface area contributed by atoms with Crippen molar-refractivity contribution >= 4 is 17.2 Å². The molecule has 0 saturated carbocycles. The average Bonchev–Trinajstić information content (AvgIpc) is 2.98. The van der Waals surface area contributed by atoms with E-state index < -0.39 is 18.7 Å². The first-order chi connectivity index (χ1) is 13.5. The van der Waals surface area contributed by atoms with Crippen molar-refractivity contribution in [2.24, 2.45) is 0 Å². The molecule has 0 spiro atoms. The summed E-state index contributed by atoms with van der Waals surface area (Å²) in [5.41, 5.74) is 2.79. The number of aromatic amines is 1. The van der Waals surface area contributed by atoms with Crippen molar-refractivity contribution in [1.29, 1.82) is 0 Å². The summed E-state index contributed by atoms with van der Waals surface area (Å²) in [6.45, 7) is 3.71. The number of fused-ring (bicyclic) bond motifs is 1. The first kappa shape index (κ1) is 20.4. The highest BCUT2D eigenvalue weighted by Crippen LogP contribution is 2.28. The van der Waals surface area contributed by atoms with Crippen LogP contribution in [0.25, 0.3) is 5.65 Å². The molecular weight excluding hydrogens is 389 g/mol. The molecule has 0 aliphatic heterocycles. The molecule has 3 rings (SSSR count). The van der Waals surface area contributed by atoms with Gasteiger partial charge in [0.1, 0.15) is 5.75 Å². The van der Waals surface area contributed by atoms with Crippen LogP contribution in [-0.4, -0.2) is 33.3 Å². The first-order valence-corrected chi connectivity index (χ1v) is 8.71. The van der Waals surface area contributed by atoms with E-state index in [1.807, 2.05) is 0 Å². The molecule has 10 heteroatoms. The summed E-state index contributed by atoms with van der Waals surface area (Å²) < 4.78 is 43.8. The third-order valence-electron chi connectivity index (χ3n) is 4.34. The van der Waals surface area contributed by atoms with Gasteiger partial charge in [-0.2, -0.15) is 13.2 Å². The highest BCUT2D eigenvalue weighted by molar-refractivity contribution is 5.94. The number of ether oxygens (including phenoxy) is 1. The molecule has 2 aromatic heterocycles. The standard InChI is InChI=1S/C19H19F3N4O3/c1-10-4-5-14(15(6-10)29-9-19(20,21)22)24-17(27)7-13-11(2)23-16-8-18(28)25-26(16)12(13)3/h4-6,8H,7,9H2,1-3H3,(H,24,27)(H,25,28). The van der Waals surface area contributed by atoms with Gasteiger partial charge >= 0.3 is 6.18 Å². The molecule has 1 amide bonds. The first-order valence-electron chi connectivity index (χ1n) is 8.71. The summed E-state index contributed by atoms with van der Waals surface area (Å²) in [7, 11) is 0. The van der Waals surface area contributed by atoms with Gasteiger partial charge in [0.2, 0.25) is 5.91 Å². The highest BCUT2D eigenvalue weighted by Gasteiger charge is 2.29. The number of alkyl halides is 3. The minimum atomic E-state index is -4.49. The van der Waals surface area contributed by atoms with Crippen LogP contribution in [0.3, 0.4) is 0 Å². The van der Waals surface area contributed by atoms with Crippen LogP contribution in [0.15, 0.2) is 29.1 Å². The van der Waals surface area contributed by atoms with E-state index in [0.717, 1.165) is 0 Å². The topological polar surface area (TPSA) is 88.5 Å². The van der Waals surface area contributed by atoms with Crippen LogP contribution in [0.1, 0.15) is 22.5 Å². The molecule has 1 aromatic carbocycles. The number of aromatic nitrogens is 3. The fourth-order valence-electron chi connectivity index (χ4n) is 2.98. The van der Waals surface area contributed by atoms with Gasteiger partial charge in [0.15, 0.2) is 12.3 Å². The van der Waals surface area contributed by atoms with E-state index in [1.54, 1.807) is 26.8 Å². The fourth-order valence-corrected chi connectivity index (χ4v) is 2.98. The Labute approximate surface area is 163 Å². The van der Waals surface area contributed by atoms with E-state index in [1.165, 1.54) is 22.7 Å². The van der Waals surface area contributed by atoms with Crippen LogP contribution >= 0.6 is 0 Å². The Morgan fingerprint density at radius 1 is 1.24 bits per heavy atom. The van der Waals surface area contributed by atoms with Crippen LogP contribution < -0.4 is 15.6 Å². The van der Waals surface area contributed by atoms with E-state index >= 15 is 0 Å².